The van der Waals surface area contributed by atoms with Crippen LogP contribution in [0.3, 0.4) is 0 Å². The van der Waals surface area contributed by atoms with Gasteiger partial charge >= 0.3 is 6.18 Å². The number of hydrogen-bond donors (Lipinski definition) is 3. The van der Waals surface area contributed by atoms with Crippen molar-refractivity contribution in [3.05, 3.63) is 95.0 Å². The van der Waals surface area contributed by atoms with Gasteiger partial charge in [0.05, 0.1) is 11.6 Å². The van der Waals surface area contributed by atoms with Crippen molar-refractivity contribution >= 4 is 35.1 Å². The van der Waals surface area contributed by atoms with Crippen LogP contribution in [0, 0.1) is 5.92 Å². The molecule has 0 aliphatic rings. The average Bonchev–Trinajstić information content (AvgIpc) is 2.94. The Hall–Kier alpha value is -4.32. The van der Waals surface area contributed by atoms with Gasteiger partial charge in [0, 0.05) is 23.8 Å². The Morgan fingerprint density at radius 1 is 0.878 bits per heavy atom. The van der Waals surface area contributed by atoms with Crippen LogP contribution in [0.5, 0.6) is 0 Å². The molecule has 3 N–H and O–H groups in total. The number of nitrogens with one attached hydrogen (secondary N) is 3. The van der Waals surface area contributed by atoms with E-state index in [0.29, 0.717) is 10.6 Å². The highest BCUT2D eigenvalue weighted by Gasteiger charge is 2.45. The van der Waals surface area contributed by atoms with Crippen LogP contribution in [-0.4, -0.2) is 51.7 Å². The molecule has 0 aliphatic carbocycles. The van der Waals surface area contributed by atoms with E-state index in [0.717, 1.165) is 0 Å². The van der Waals surface area contributed by atoms with Crippen molar-refractivity contribution in [1.82, 2.24) is 25.9 Å². The molecule has 9 nitrogen and oxygen atoms in total. The first-order valence-electron chi connectivity index (χ1n) is 12.4. The number of nitrogens with zero attached hydrogens (tertiary/aromatic N) is 2. The van der Waals surface area contributed by atoms with E-state index in [4.69, 9.17) is 11.6 Å². The molecule has 0 saturated carbocycles. The number of halogens is 4. The molecule has 0 radical (unpaired) electrons. The van der Waals surface area contributed by atoms with E-state index in [-0.39, 0.29) is 17.5 Å². The van der Waals surface area contributed by atoms with Crippen molar-refractivity contribution in [2.24, 2.45) is 5.92 Å². The molecular formula is C28H27ClF3N5O4. The van der Waals surface area contributed by atoms with Crippen LogP contribution in [0.4, 0.5) is 13.2 Å². The van der Waals surface area contributed by atoms with Crippen LogP contribution in [0.2, 0.25) is 5.02 Å². The van der Waals surface area contributed by atoms with Gasteiger partial charge in [-0.1, -0.05) is 67.9 Å². The van der Waals surface area contributed by atoms with E-state index in [1.807, 2.05) is 0 Å². The number of hydrogen-bond acceptors (Lipinski definition) is 6. The number of Topliss-reactive ketones (excluding diaryl/α,β-unsaturated/α-hetero) is 1. The summed E-state index contributed by atoms with van der Waals surface area (Å²) in [6.45, 7) is 2.71. The Kier molecular flexibility index (Phi) is 10.5. The molecule has 0 unspecified atom stereocenters. The molecule has 3 rings (SSSR count). The predicted molar refractivity (Wildman–Crippen MR) is 144 cm³/mol. The van der Waals surface area contributed by atoms with E-state index < -0.39 is 53.7 Å². The summed E-state index contributed by atoms with van der Waals surface area (Å²) in [5.41, 5.74) is 0.891. The summed E-state index contributed by atoms with van der Waals surface area (Å²) in [6, 6.07) is 9.71. The zero-order valence-electron chi connectivity index (χ0n) is 22.0. The summed E-state index contributed by atoms with van der Waals surface area (Å²) in [6.07, 6.45) is -1.50. The van der Waals surface area contributed by atoms with E-state index in [2.05, 4.69) is 25.9 Å². The van der Waals surface area contributed by atoms with E-state index >= 15 is 0 Å². The first-order chi connectivity index (χ1) is 19.4. The smallest absolute Gasteiger partial charge is 0.344 e. The lowest BCUT2D eigenvalue weighted by Gasteiger charge is -2.27. The minimum absolute atomic E-state index is 0.0455. The molecule has 0 saturated heterocycles. The molecule has 216 valence electrons. The Morgan fingerprint density at radius 3 is 2.12 bits per heavy atom. The Balaban J connectivity index is 1.92. The first-order valence-corrected chi connectivity index (χ1v) is 12.8. The molecule has 0 spiro atoms. The van der Waals surface area contributed by atoms with Gasteiger partial charge in [-0.2, -0.15) is 13.2 Å². The number of ketones is 1. The molecule has 1 aromatic heterocycles. The number of benzene rings is 2. The zero-order chi connectivity index (χ0) is 30.2. The third kappa shape index (κ3) is 8.84. The monoisotopic (exact) mass is 589 g/mol. The Morgan fingerprint density at radius 2 is 1.54 bits per heavy atom. The maximum absolute atomic E-state index is 13.6. The lowest BCUT2D eigenvalue weighted by molar-refractivity contribution is -0.175. The average molecular weight is 590 g/mol. The molecule has 3 aromatic rings. The predicted octanol–water partition coefficient (Wildman–Crippen LogP) is 3.60. The number of carbonyl (C=O) groups is 4. The van der Waals surface area contributed by atoms with Crippen molar-refractivity contribution in [2.75, 3.05) is 0 Å². The highest BCUT2D eigenvalue weighted by molar-refractivity contribution is 6.30. The van der Waals surface area contributed by atoms with Gasteiger partial charge in [-0.25, -0.2) is 9.97 Å². The van der Waals surface area contributed by atoms with Gasteiger partial charge in [-0.05, 0) is 29.2 Å². The second kappa shape index (κ2) is 13.8. The molecule has 0 fully saturated rings. The van der Waals surface area contributed by atoms with E-state index in [9.17, 15) is 32.3 Å². The van der Waals surface area contributed by atoms with Gasteiger partial charge < -0.3 is 16.0 Å². The normalized spacial score (nSPS) is 13.5. The quantitative estimate of drug-likeness (QED) is 0.313. The van der Waals surface area contributed by atoms with Crippen molar-refractivity contribution in [3.8, 4) is 0 Å². The van der Waals surface area contributed by atoms with Crippen LogP contribution in [-0.2, 0) is 20.8 Å². The summed E-state index contributed by atoms with van der Waals surface area (Å²) in [4.78, 5) is 59.4. The second-order valence-corrected chi connectivity index (χ2v) is 9.87. The number of carbonyl (C=O) groups excluding carboxylic acids is 4. The fourth-order valence-electron chi connectivity index (χ4n) is 3.90. The fraction of sp³-hybridized carbons (Fsp3) is 0.286. The highest BCUT2D eigenvalue weighted by Crippen LogP contribution is 2.22. The van der Waals surface area contributed by atoms with Crippen molar-refractivity contribution in [2.45, 2.75) is 44.6 Å². The van der Waals surface area contributed by atoms with Gasteiger partial charge in [0.1, 0.15) is 18.4 Å². The van der Waals surface area contributed by atoms with Gasteiger partial charge in [0.15, 0.2) is 0 Å². The highest BCUT2D eigenvalue weighted by atomic mass is 35.5. The van der Waals surface area contributed by atoms with Crippen LogP contribution < -0.4 is 16.0 Å². The summed E-state index contributed by atoms with van der Waals surface area (Å²) in [5.74, 6) is -5.55. The molecule has 3 atom stereocenters. The van der Waals surface area contributed by atoms with Gasteiger partial charge in [-0.15, -0.1) is 0 Å². The molecular weight excluding hydrogens is 563 g/mol. The minimum atomic E-state index is -5.18. The first kappa shape index (κ1) is 31.2. The second-order valence-electron chi connectivity index (χ2n) is 9.43. The Bertz CT molecular complexity index is 1370. The lowest BCUT2D eigenvalue weighted by atomic mass is 9.97. The van der Waals surface area contributed by atoms with Crippen molar-refractivity contribution < 1.29 is 32.3 Å². The van der Waals surface area contributed by atoms with Crippen LogP contribution >= 0.6 is 11.6 Å². The number of alkyl halides is 3. The molecule has 0 aliphatic heterocycles. The zero-order valence-corrected chi connectivity index (χ0v) is 22.7. The van der Waals surface area contributed by atoms with Gasteiger partial charge in [0.25, 0.3) is 11.7 Å². The number of rotatable bonds is 11. The molecule has 2 aromatic carbocycles. The molecule has 13 heteroatoms. The summed E-state index contributed by atoms with van der Waals surface area (Å²) >= 11 is 6.08. The van der Waals surface area contributed by atoms with Crippen LogP contribution in [0.15, 0.2) is 73.3 Å². The number of aromatic nitrogens is 2. The topological polar surface area (TPSA) is 130 Å². The van der Waals surface area contributed by atoms with E-state index in [1.54, 1.807) is 42.5 Å². The largest absolute Gasteiger partial charge is 0.452 e. The SMILES string of the molecule is CC(C)[C@H](NC(=O)[C@@H](NC(=O)[C@@H](Cc1cccc(Cl)c1)NC(=O)c1cncnc1)c1ccccc1)C(=O)C(F)(F)F. The summed E-state index contributed by atoms with van der Waals surface area (Å²) in [7, 11) is 0. The number of amides is 3. The third-order valence-corrected chi connectivity index (χ3v) is 6.22. The molecule has 41 heavy (non-hydrogen) atoms. The minimum Gasteiger partial charge on any atom is -0.344 e. The van der Waals surface area contributed by atoms with Crippen LogP contribution in [0.25, 0.3) is 0 Å². The fourth-order valence-corrected chi connectivity index (χ4v) is 4.12. The van der Waals surface area contributed by atoms with Gasteiger partial charge in [-0.3, -0.25) is 19.2 Å². The van der Waals surface area contributed by atoms with Crippen LogP contribution in [0.1, 0.15) is 41.4 Å². The molecule has 1 heterocycles. The third-order valence-electron chi connectivity index (χ3n) is 5.98. The molecule has 0 bridgehead atoms. The van der Waals surface area contributed by atoms with E-state index in [1.165, 1.54) is 44.7 Å². The summed E-state index contributed by atoms with van der Waals surface area (Å²) < 4.78 is 39.7. The van der Waals surface area contributed by atoms with Crippen molar-refractivity contribution in [3.63, 3.8) is 0 Å². The lowest BCUT2D eigenvalue weighted by Crippen LogP contribution is -2.55. The maximum Gasteiger partial charge on any atom is 0.452 e. The standard InChI is InChI=1S/C28H27ClF3N5O4/c1-16(2)22(24(38)28(30,31)32)36-27(41)23(18-8-4-3-5-9-18)37-26(40)21(12-17-7-6-10-20(29)11-17)35-25(39)19-13-33-15-34-14-19/h3-11,13-16,21-23H,12H2,1-2H3,(H,35,39)(H,36,41)(H,37,40)/t21-,22+,23+/m1/s1. The molecule has 3 amide bonds. The van der Waals surface area contributed by atoms with Crippen molar-refractivity contribution in [1.29, 1.82) is 0 Å². The van der Waals surface area contributed by atoms with Gasteiger partial charge in [0.2, 0.25) is 11.8 Å². The Labute approximate surface area is 238 Å². The summed E-state index contributed by atoms with van der Waals surface area (Å²) in [5, 5.41) is 7.64. The maximum atomic E-state index is 13.6.